The van der Waals surface area contributed by atoms with Crippen molar-refractivity contribution in [1.82, 2.24) is 25.4 Å². The SMILES string of the molecule is CN=C(NCCCCn1cnnc1)NCc1cc(Cl)cc(Cl)c1OC(F)F. The summed E-state index contributed by atoms with van der Waals surface area (Å²) >= 11 is 11.9. The molecule has 27 heavy (non-hydrogen) atoms. The van der Waals surface area contributed by atoms with Gasteiger partial charge in [0.25, 0.3) is 0 Å². The first kappa shape index (κ1) is 21.2. The standard InChI is InChI=1S/C16H20Cl2F2N6O/c1-21-16(22-4-2-3-5-26-9-24-25-10-26)23-8-11-6-12(17)7-13(18)14(11)27-15(19)20/h6-7,9-10,15H,2-5,8H2,1H3,(H2,21,22,23). The second kappa shape index (κ2) is 10.9. The molecule has 0 atom stereocenters. The normalized spacial score (nSPS) is 11.7. The third-order valence-corrected chi connectivity index (χ3v) is 4.06. The zero-order valence-electron chi connectivity index (χ0n) is 14.6. The van der Waals surface area contributed by atoms with E-state index in [2.05, 4.69) is 30.6 Å². The summed E-state index contributed by atoms with van der Waals surface area (Å²) in [6.07, 6.45) is 5.19. The lowest BCUT2D eigenvalue weighted by Crippen LogP contribution is -2.37. The van der Waals surface area contributed by atoms with E-state index in [1.54, 1.807) is 19.7 Å². The lowest BCUT2D eigenvalue weighted by Gasteiger charge is -2.16. The van der Waals surface area contributed by atoms with Crippen molar-refractivity contribution in [2.24, 2.45) is 4.99 Å². The van der Waals surface area contributed by atoms with Crippen molar-refractivity contribution in [2.75, 3.05) is 13.6 Å². The Morgan fingerprint density at radius 2 is 1.96 bits per heavy atom. The van der Waals surface area contributed by atoms with Gasteiger partial charge in [-0.2, -0.15) is 8.78 Å². The van der Waals surface area contributed by atoms with E-state index in [9.17, 15) is 8.78 Å². The lowest BCUT2D eigenvalue weighted by atomic mass is 10.2. The van der Waals surface area contributed by atoms with Crippen molar-refractivity contribution in [3.05, 3.63) is 40.4 Å². The number of aryl methyl sites for hydroxylation is 1. The first-order chi connectivity index (χ1) is 13.0. The first-order valence-electron chi connectivity index (χ1n) is 8.19. The monoisotopic (exact) mass is 420 g/mol. The maximum absolute atomic E-state index is 12.6. The van der Waals surface area contributed by atoms with Gasteiger partial charge in [-0.3, -0.25) is 4.99 Å². The second-order valence-electron chi connectivity index (χ2n) is 5.51. The number of aliphatic imine (C=N–C) groups is 1. The number of hydrogen-bond donors (Lipinski definition) is 2. The van der Waals surface area contributed by atoms with E-state index in [1.165, 1.54) is 12.1 Å². The van der Waals surface area contributed by atoms with Crippen LogP contribution in [0.1, 0.15) is 18.4 Å². The number of ether oxygens (including phenoxy) is 1. The molecule has 0 aliphatic heterocycles. The van der Waals surface area contributed by atoms with Crippen molar-refractivity contribution >= 4 is 29.2 Å². The summed E-state index contributed by atoms with van der Waals surface area (Å²) in [5.41, 5.74) is 0.406. The van der Waals surface area contributed by atoms with Gasteiger partial charge in [0.05, 0.1) is 5.02 Å². The third-order valence-electron chi connectivity index (χ3n) is 3.56. The van der Waals surface area contributed by atoms with Crippen molar-refractivity contribution in [1.29, 1.82) is 0 Å². The fourth-order valence-corrected chi connectivity index (χ4v) is 2.91. The molecule has 0 aliphatic carbocycles. The van der Waals surface area contributed by atoms with E-state index in [4.69, 9.17) is 23.2 Å². The minimum atomic E-state index is -2.98. The van der Waals surface area contributed by atoms with Crippen LogP contribution in [0, 0.1) is 0 Å². The molecule has 2 N–H and O–H groups in total. The molecule has 0 aliphatic rings. The van der Waals surface area contributed by atoms with E-state index in [-0.39, 0.29) is 17.3 Å². The Morgan fingerprint density at radius 1 is 1.22 bits per heavy atom. The van der Waals surface area contributed by atoms with Crippen LogP contribution in [0.4, 0.5) is 8.78 Å². The van der Waals surface area contributed by atoms with Crippen LogP contribution in [0.5, 0.6) is 5.75 Å². The highest BCUT2D eigenvalue weighted by Crippen LogP contribution is 2.33. The average molecular weight is 421 g/mol. The summed E-state index contributed by atoms with van der Waals surface area (Å²) in [6, 6.07) is 2.87. The van der Waals surface area contributed by atoms with Crippen LogP contribution >= 0.6 is 23.2 Å². The molecule has 2 rings (SSSR count). The Labute approximate surface area is 165 Å². The molecule has 1 heterocycles. The Morgan fingerprint density at radius 3 is 2.63 bits per heavy atom. The summed E-state index contributed by atoms with van der Waals surface area (Å²) < 4.78 is 31.6. The van der Waals surface area contributed by atoms with Gasteiger partial charge >= 0.3 is 6.61 Å². The number of halogens is 4. The number of hydrogen-bond acceptors (Lipinski definition) is 4. The Bertz CT molecular complexity index is 743. The molecule has 0 saturated heterocycles. The first-order valence-corrected chi connectivity index (χ1v) is 8.95. The summed E-state index contributed by atoms with van der Waals surface area (Å²) in [6.45, 7) is -1.29. The number of rotatable bonds is 9. The number of guanidine groups is 1. The van der Waals surface area contributed by atoms with E-state index in [0.717, 1.165) is 19.4 Å². The summed E-state index contributed by atoms with van der Waals surface area (Å²) in [5, 5.41) is 14.0. The van der Waals surface area contributed by atoms with E-state index in [0.29, 0.717) is 23.1 Å². The second-order valence-corrected chi connectivity index (χ2v) is 6.36. The molecule has 0 amide bonds. The van der Waals surface area contributed by atoms with Crippen molar-refractivity contribution < 1.29 is 13.5 Å². The number of unbranched alkanes of at least 4 members (excludes halogenated alkanes) is 1. The maximum Gasteiger partial charge on any atom is 0.387 e. The highest BCUT2D eigenvalue weighted by Gasteiger charge is 2.15. The van der Waals surface area contributed by atoms with Crippen molar-refractivity contribution in [2.45, 2.75) is 32.5 Å². The summed E-state index contributed by atoms with van der Waals surface area (Å²) in [5.74, 6) is 0.423. The predicted molar refractivity (Wildman–Crippen MR) is 101 cm³/mol. The molecule has 148 valence electrons. The summed E-state index contributed by atoms with van der Waals surface area (Å²) in [7, 11) is 1.62. The zero-order valence-corrected chi connectivity index (χ0v) is 16.1. The molecule has 1 aromatic carbocycles. The van der Waals surface area contributed by atoms with Crippen LogP contribution in [-0.2, 0) is 13.1 Å². The van der Waals surface area contributed by atoms with Crippen molar-refractivity contribution in [3.63, 3.8) is 0 Å². The molecule has 0 unspecified atom stereocenters. The minimum absolute atomic E-state index is 0.0246. The molecule has 11 heteroatoms. The van der Waals surface area contributed by atoms with Crippen LogP contribution in [0.15, 0.2) is 29.8 Å². The van der Waals surface area contributed by atoms with Gasteiger partial charge in [0.1, 0.15) is 18.4 Å². The van der Waals surface area contributed by atoms with Gasteiger partial charge < -0.3 is 19.9 Å². The number of aromatic nitrogens is 3. The fourth-order valence-electron chi connectivity index (χ4n) is 2.33. The average Bonchev–Trinajstić information content (AvgIpc) is 3.13. The highest BCUT2D eigenvalue weighted by molar-refractivity contribution is 6.35. The molecule has 0 radical (unpaired) electrons. The van der Waals surface area contributed by atoms with Gasteiger partial charge in [-0.15, -0.1) is 10.2 Å². The van der Waals surface area contributed by atoms with Crippen LogP contribution in [0.3, 0.4) is 0 Å². The van der Waals surface area contributed by atoms with Crippen LogP contribution in [-0.4, -0.2) is 40.9 Å². The van der Waals surface area contributed by atoms with Gasteiger partial charge in [-0.1, -0.05) is 23.2 Å². The number of alkyl halides is 2. The molecule has 0 bridgehead atoms. The van der Waals surface area contributed by atoms with Gasteiger partial charge in [0.15, 0.2) is 5.96 Å². The molecular formula is C16H20Cl2F2N6O. The molecule has 0 fully saturated rings. The van der Waals surface area contributed by atoms with Crippen LogP contribution in [0.25, 0.3) is 0 Å². The number of nitrogens with one attached hydrogen (secondary N) is 2. The number of benzene rings is 1. The van der Waals surface area contributed by atoms with Gasteiger partial charge in [0, 0.05) is 37.3 Å². The topological polar surface area (TPSA) is 76.4 Å². The third kappa shape index (κ3) is 7.18. The highest BCUT2D eigenvalue weighted by atomic mass is 35.5. The van der Waals surface area contributed by atoms with Gasteiger partial charge in [-0.05, 0) is 25.0 Å². The fraction of sp³-hybridized carbons (Fsp3) is 0.438. The largest absolute Gasteiger partial charge is 0.433 e. The molecule has 0 saturated carbocycles. The van der Waals surface area contributed by atoms with Gasteiger partial charge in [-0.25, -0.2) is 0 Å². The Kier molecular flexibility index (Phi) is 8.53. The lowest BCUT2D eigenvalue weighted by molar-refractivity contribution is -0.0504. The Hall–Kier alpha value is -2.13. The molecule has 2 aromatic rings. The smallest absolute Gasteiger partial charge is 0.387 e. The minimum Gasteiger partial charge on any atom is -0.433 e. The van der Waals surface area contributed by atoms with Gasteiger partial charge in [0.2, 0.25) is 0 Å². The predicted octanol–water partition coefficient (Wildman–Crippen LogP) is 3.33. The number of nitrogens with zero attached hydrogens (tertiary/aromatic N) is 4. The molecule has 7 nitrogen and oxygen atoms in total. The van der Waals surface area contributed by atoms with E-state index >= 15 is 0 Å². The molecular weight excluding hydrogens is 401 g/mol. The van der Waals surface area contributed by atoms with E-state index in [1.807, 2.05) is 4.57 Å². The van der Waals surface area contributed by atoms with Crippen LogP contribution < -0.4 is 15.4 Å². The maximum atomic E-state index is 12.6. The van der Waals surface area contributed by atoms with Crippen LogP contribution in [0.2, 0.25) is 10.0 Å². The summed E-state index contributed by atoms with van der Waals surface area (Å²) in [4.78, 5) is 4.10. The molecule has 1 aromatic heterocycles. The van der Waals surface area contributed by atoms with Crippen molar-refractivity contribution in [3.8, 4) is 5.75 Å². The zero-order chi connectivity index (χ0) is 19.6. The quantitative estimate of drug-likeness (QED) is 0.369. The molecule has 0 spiro atoms. The van der Waals surface area contributed by atoms with E-state index < -0.39 is 6.61 Å². The Balaban J connectivity index is 1.82.